The fourth-order valence-corrected chi connectivity index (χ4v) is 0.655. The van der Waals surface area contributed by atoms with Gasteiger partial charge in [-0.25, -0.2) is 4.79 Å². The highest BCUT2D eigenvalue weighted by Crippen LogP contribution is 1.88. The molecule has 0 aromatic rings. The predicted molar refractivity (Wildman–Crippen MR) is 42.4 cm³/mol. The number of amides is 2. The van der Waals surface area contributed by atoms with Gasteiger partial charge in [0.25, 0.3) is 0 Å². The first-order valence-corrected chi connectivity index (χ1v) is 3.62. The highest BCUT2D eigenvalue weighted by Gasteiger charge is 2.11. The normalized spacial score (nSPS) is 11.9. The lowest BCUT2D eigenvalue weighted by Gasteiger charge is -2.10. The molecule has 1 atom stereocenters. The van der Waals surface area contributed by atoms with Crippen molar-refractivity contribution in [2.45, 2.75) is 26.3 Å². The lowest BCUT2D eigenvalue weighted by Crippen LogP contribution is -2.42. The van der Waals surface area contributed by atoms with Gasteiger partial charge < -0.3 is 10.6 Å². The van der Waals surface area contributed by atoms with E-state index in [1.165, 1.54) is 7.05 Å². The summed E-state index contributed by atoms with van der Waals surface area (Å²) in [6.07, 6.45) is 0.450. The summed E-state index contributed by atoms with van der Waals surface area (Å²) in [7, 11) is 1.51. The summed E-state index contributed by atoms with van der Waals surface area (Å²) in [4.78, 5) is 21.6. The van der Waals surface area contributed by atoms with E-state index in [1.54, 1.807) is 13.8 Å². The van der Waals surface area contributed by atoms with Crippen LogP contribution in [0.5, 0.6) is 0 Å². The minimum absolute atomic E-state index is 0.0357. The second-order valence-electron chi connectivity index (χ2n) is 2.27. The van der Waals surface area contributed by atoms with Crippen molar-refractivity contribution in [3.8, 4) is 0 Å². The first-order valence-electron chi connectivity index (χ1n) is 3.62. The molecule has 0 aliphatic carbocycles. The quantitative estimate of drug-likeness (QED) is 0.620. The number of hydrogen-bond donors (Lipinski definition) is 2. The third-order valence-corrected chi connectivity index (χ3v) is 1.41. The molecule has 0 aliphatic rings. The van der Waals surface area contributed by atoms with Crippen LogP contribution in [0.4, 0.5) is 4.79 Å². The van der Waals surface area contributed by atoms with E-state index in [0.717, 1.165) is 0 Å². The van der Waals surface area contributed by atoms with E-state index < -0.39 is 0 Å². The van der Waals surface area contributed by atoms with Crippen molar-refractivity contribution in [1.82, 2.24) is 10.6 Å². The van der Waals surface area contributed by atoms with Gasteiger partial charge in [-0.1, -0.05) is 6.92 Å². The van der Waals surface area contributed by atoms with E-state index in [1.807, 2.05) is 0 Å². The minimum Gasteiger partial charge on any atom is -0.341 e. The molecule has 1 unspecified atom stereocenters. The maximum absolute atomic E-state index is 10.9. The lowest BCUT2D eigenvalue weighted by atomic mass is 10.2. The maximum atomic E-state index is 10.9. The topological polar surface area (TPSA) is 58.2 Å². The van der Waals surface area contributed by atoms with Crippen LogP contribution in [0.15, 0.2) is 0 Å². The molecule has 0 radical (unpaired) electrons. The fourth-order valence-electron chi connectivity index (χ4n) is 0.655. The highest BCUT2D eigenvalue weighted by molar-refractivity contribution is 5.87. The Bertz CT molecular complexity index is 157. The number of nitrogens with one attached hydrogen (secondary N) is 2. The van der Waals surface area contributed by atoms with Gasteiger partial charge in [-0.2, -0.15) is 0 Å². The molecule has 2 N–H and O–H groups in total. The van der Waals surface area contributed by atoms with Gasteiger partial charge in [-0.05, 0) is 6.92 Å². The average molecular weight is 158 g/mol. The molecule has 0 aromatic heterocycles. The summed E-state index contributed by atoms with van der Waals surface area (Å²) in [5.74, 6) is 0.0357. The van der Waals surface area contributed by atoms with E-state index in [9.17, 15) is 9.59 Å². The number of Topliss-reactive ketones (excluding diaryl/α,β-unsaturated/α-hetero) is 1. The van der Waals surface area contributed by atoms with E-state index in [-0.39, 0.29) is 17.9 Å². The Hall–Kier alpha value is -1.06. The average Bonchev–Trinajstić information content (AvgIpc) is 2.02. The second kappa shape index (κ2) is 4.71. The van der Waals surface area contributed by atoms with Gasteiger partial charge in [0, 0.05) is 13.5 Å². The van der Waals surface area contributed by atoms with Crippen molar-refractivity contribution in [1.29, 1.82) is 0 Å². The smallest absolute Gasteiger partial charge is 0.315 e. The first kappa shape index (κ1) is 9.94. The molecule has 0 rings (SSSR count). The van der Waals surface area contributed by atoms with Crippen LogP contribution in [-0.2, 0) is 4.79 Å². The monoisotopic (exact) mass is 158 g/mol. The predicted octanol–water partition coefficient (Wildman–Crippen LogP) is 0.283. The molecule has 2 amide bonds. The van der Waals surface area contributed by atoms with Crippen LogP contribution in [0.1, 0.15) is 20.3 Å². The molecule has 11 heavy (non-hydrogen) atoms. The maximum Gasteiger partial charge on any atom is 0.315 e. The summed E-state index contributed by atoms with van der Waals surface area (Å²) in [6.45, 7) is 3.44. The van der Waals surface area contributed by atoms with Crippen LogP contribution in [0.3, 0.4) is 0 Å². The van der Waals surface area contributed by atoms with Crippen molar-refractivity contribution in [2.24, 2.45) is 0 Å². The molecule has 0 aromatic carbocycles. The van der Waals surface area contributed by atoms with Crippen LogP contribution < -0.4 is 10.6 Å². The van der Waals surface area contributed by atoms with Gasteiger partial charge in [0.15, 0.2) is 5.78 Å². The van der Waals surface area contributed by atoms with Crippen LogP contribution in [0.2, 0.25) is 0 Å². The first-order chi connectivity index (χ1) is 5.11. The van der Waals surface area contributed by atoms with Gasteiger partial charge in [-0.15, -0.1) is 0 Å². The zero-order chi connectivity index (χ0) is 8.85. The summed E-state index contributed by atoms with van der Waals surface area (Å²) in [5.41, 5.74) is 0. The Morgan fingerprint density at radius 2 is 2.00 bits per heavy atom. The Morgan fingerprint density at radius 1 is 1.45 bits per heavy atom. The highest BCUT2D eigenvalue weighted by atomic mass is 16.2. The Kier molecular flexibility index (Phi) is 4.26. The molecule has 0 aliphatic heterocycles. The molecular weight excluding hydrogens is 144 g/mol. The zero-order valence-corrected chi connectivity index (χ0v) is 7.10. The summed E-state index contributed by atoms with van der Waals surface area (Å²) >= 11 is 0. The molecule has 0 spiro atoms. The number of carbonyl (C=O) groups is 2. The molecule has 0 saturated heterocycles. The van der Waals surface area contributed by atoms with E-state index in [4.69, 9.17) is 0 Å². The molecule has 4 nitrogen and oxygen atoms in total. The Labute approximate surface area is 66.4 Å². The number of carbonyl (C=O) groups excluding carboxylic acids is 2. The van der Waals surface area contributed by atoms with E-state index in [2.05, 4.69) is 10.6 Å². The Morgan fingerprint density at radius 3 is 2.36 bits per heavy atom. The zero-order valence-electron chi connectivity index (χ0n) is 7.10. The second-order valence-corrected chi connectivity index (χ2v) is 2.27. The van der Waals surface area contributed by atoms with Gasteiger partial charge >= 0.3 is 6.03 Å². The molecule has 0 saturated carbocycles. The molecule has 0 bridgehead atoms. The van der Waals surface area contributed by atoms with Crippen molar-refractivity contribution >= 4 is 11.8 Å². The minimum atomic E-state index is -0.389. The van der Waals surface area contributed by atoms with Crippen LogP contribution >= 0.6 is 0 Å². The number of hydrogen-bond acceptors (Lipinski definition) is 2. The lowest BCUT2D eigenvalue weighted by molar-refractivity contribution is -0.120. The van der Waals surface area contributed by atoms with E-state index in [0.29, 0.717) is 6.42 Å². The van der Waals surface area contributed by atoms with Crippen LogP contribution in [-0.4, -0.2) is 24.9 Å². The summed E-state index contributed by atoms with van der Waals surface area (Å²) in [6, 6.07) is -0.709. The van der Waals surface area contributed by atoms with Crippen molar-refractivity contribution < 1.29 is 9.59 Å². The van der Waals surface area contributed by atoms with Gasteiger partial charge in [0.1, 0.15) is 0 Å². The number of rotatable bonds is 3. The Balaban J connectivity index is 3.77. The van der Waals surface area contributed by atoms with Gasteiger partial charge in [-0.3, -0.25) is 4.79 Å². The molecule has 64 valence electrons. The van der Waals surface area contributed by atoms with Crippen molar-refractivity contribution in [2.75, 3.05) is 7.05 Å². The third kappa shape index (κ3) is 3.60. The van der Waals surface area contributed by atoms with Crippen molar-refractivity contribution in [3.05, 3.63) is 0 Å². The molecule has 4 heteroatoms. The molecular formula is C7H14N2O2. The SMILES string of the molecule is CCC(=O)C(C)NC(=O)NC. The largest absolute Gasteiger partial charge is 0.341 e. The fraction of sp³-hybridized carbons (Fsp3) is 0.714. The van der Waals surface area contributed by atoms with Crippen LogP contribution in [0, 0.1) is 0 Å². The number of ketones is 1. The standard InChI is InChI=1S/C7H14N2O2/c1-4-6(10)5(2)9-7(11)8-3/h5H,4H2,1-3H3,(H2,8,9,11). The van der Waals surface area contributed by atoms with E-state index >= 15 is 0 Å². The van der Waals surface area contributed by atoms with Gasteiger partial charge in [0.05, 0.1) is 6.04 Å². The van der Waals surface area contributed by atoms with Gasteiger partial charge in [0.2, 0.25) is 0 Å². The summed E-state index contributed by atoms with van der Waals surface area (Å²) in [5, 5.41) is 4.85. The van der Waals surface area contributed by atoms with Crippen LogP contribution in [0.25, 0.3) is 0 Å². The molecule has 0 heterocycles. The number of urea groups is 1. The third-order valence-electron chi connectivity index (χ3n) is 1.41. The molecule has 0 fully saturated rings. The summed E-state index contributed by atoms with van der Waals surface area (Å²) < 4.78 is 0. The van der Waals surface area contributed by atoms with Crippen molar-refractivity contribution in [3.63, 3.8) is 0 Å².